The van der Waals surface area contributed by atoms with E-state index in [1.54, 1.807) is 0 Å². The Morgan fingerprint density at radius 2 is 1.54 bits per heavy atom. The summed E-state index contributed by atoms with van der Waals surface area (Å²) in [5.41, 5.74) is 9.42. The SMILES string of the molecule is COc1c(F)cc(NC(=O)C(NC(=O)C(C)CC(=O)N(CCN)CCN)C(O)c2ccc(C(F)(F)F)cc2)cc1F. The molecule has 3 atom stereocenters. The number of nitrogens with two attached hydrogens (primary N) is 2. The van der Waals surface area contributed by atoms with Gasteiger partial charge in [0.15, 0.2) is 17.4 Å². The second-order valence-corrected chi connectivity index (χ2v) is 9.08. The number of methoxy groups -OCH3 is 1. The van der Waals surface area contributed by atoms with Gasteiger partial charge in [-0.3, -0.25) is 14.4 Å². The summed E-state index contributed by atoms with van der Waals surface area (Å²) in [6, 6.07) is 2.79. The van der Waals surface area contributed by atoms with Crippen molar-refractivity contribution in [3.8, 4) is 5.75 Å². The molecule has 0 aromatic heterocycles. The maximum atomic E-state index is 14.2. The zero-order valence-electron chi connectivity index (χ0n) is 22.3. The molecular formula is C26H32F5N5O5. The smallest absolute Gasteiger partial charge is 0.416 e. The number of ether oxygens (including phenoxy) is 1. The fourth-order valence-corrected chi connectivity index (χ4v) is 3.85. The molecule has 0 aliphatic heterocycles. The third kappa shape index (κ3) is 9.09. The minimum atomic E-state index is -4.67. The highest BCUT2D eigenvalue weighted by Crippen LogP contribution is 2.31. The van der Waals surface area contributed by atoms with Crippen molar-refractivity contribution >= 4 is 23.4 Å². The maximum Gasteiger partial charge on any atom is 0.416 e. The number of benzene rings is 2. The molecule has 15 heteroatoms. The number of amides is 3. The van der Waals surface area contributed by atoms with Gasteiger partial charge in [0.05, 0.1) is 12.7 Å². The van der Waals surface area contributed by atoms with Gasteiger partial charge in [-0.25, -0.2) is 8.78 Å². The van der Waals surface area contributed by atoms with E-state index in [-0.39, 0.29) is 38.2 Å². The van der Waals surface area contributed by atoms with E-state index < -0.39 is 70.6 Å². The van der Waals surface area contributed by atoms with Crippen LogP contribution in [0.5, 0.6) is 5.75 Å². The Morgan fingerprint density at radius 1 is 1.00 bits per heavy atom. The molecule has 226 valence electrons. The first-order valence-corrected chi connectivity index (χ1v) is 12.4. The van der Waals surface area contributed by atoms with Crippen molar-refractivity contribution in [3.05, 3.63) is 59.2 Å². The minimum Gasteiger partial charge on any atom is -0.491 e. The van der Waals surface area contributed by atoms with E-state index in [2.05, 4.69) is 15.4 Å². The van der Waals surface area contributed by atoms with E-state index in [9.17, 15) is 41.4 Å². The quantitative estimate of drug-likeness (QED) is 0.223. The molecule has 0 aliphatic carbocycles. The molecule has 10 nitrogen and oxygen atoms in total. The summed E-state index contributed by atoms with van der Waals surface area (Å²) in [5, 5.41) is 15.4. The van der Waals surface area contributed by atoms with Gasteiger partial charge in [-0.15, -0.1) is 0 Å². The molecule has 41 heavy (non-hydrogen) atoms. The molecule has 2 aromatic rings. The second-order valence-electron chi connectivity index (χ2n) is 9.08. The first kappa shape index (κ1) is 33.4. The zero-order valence-corrected chi connectivity index (χ0v) is 22.3. The van der Waals surface area contributed by atoms with Crippen LogP contribution in [0.1, 0.15) is 30.6 Å². The predicted molar refractivity (Wildman–Crippen MR) is 138 cm³/mol. The Balaban J connectivity index is 2.33. The topological polar surface area (TPSA) is 160 Å². The summed E-state index contributed by atoms with van der Waals surface area (Å²) in [6.07, 6.45) is -6.88. The van der Waals surface area contributed by atoms with E-state index in [0.29, 0.717) is 12.1 Å². The van der Waals surface area contributed by atoms with Gasteiger partial charge in [-0.2, -0.15) is 13.2 Å². The average Bonchev–Trinajstić information content (AvgIpc) is 2.90. The number of nitrogens with one attached hydrogen (secondary N) is 2. The molecular weight excluding hydrogens is 557 g/mol. The van der Waals surface area contributed by atoms with Gasteiger partial charge in [0.2, 0.25) is 17.7 Å². The van der Waals surface area contributed by atoms with Crippen molar-refractivity contribution in [3.63, 3.8) is 0 Å². The predicted octanol–water partition coefficient (Wildman–Crippen LogP) is 1.92. The molecule has 7 N–H and O–H groups in total. The molecule has 3 amide bonds. The number of hydrogen-bond acceptors (Lipinski definition) is 7. The number of aliphatic hydroxyl groups is 1. The molecule has 0 saturated carbocycles. The van der Waals surface area contributed by atoms with Crippen LogP contribution in [0.3, 0.4) is 0 Å². The molecule has 0 spiro atoms. The van der Waals surface area contributed by atoms with E-state index in [1.807, 2.05) is 0 Å². The summed E-state index contributed by atoms with van der Waals surface area (Å²) < 4.78 is 71.9. The van der Waals surface area contributed by atoms with Gasteiger partial charge < -0.3 is 36.8 Å². The molecule has 0 aliphatic rings. The van der Waals surface area contributed by atoms with Gasteiger partial charge >= 0.3 is 6.18 Å². The molecule has 2 rings (SSSR count). The van der Waals surface area contributed by atoms with Crippen LogP contribution < -0.4 is 26.8 Å². The van der Waals surface area contributed by atoms with E-state index in [1.165, 1.54) is 11.8 Å². The standard InChI is InChI=1S/C26H32F5N5O5/c1-14(11-20(37)36(9-7-32)10-8-33)24(39)35-21(22(38)15-3-5-16(6-4-15)26(29,30)31)25(40)34-17-12-18(27)23(41-2)19(28)13-17/h3-6,12-14,21-22,38H,7-11,32-33H2,1-2H3,(H,34,40)(H,35,39). The Kier molecular flexibility index (Phi) is 12.0. The Labute approximate surface area is 232 Å². The number of nitrogens with zero attached hydrogens (tertiary/aromatic N) is 1. The molecule has 0 bridgehead atoms. The summed E-state index contributed by atoms with van der Waals surface area (Å²) in [5.74, 6) is -6.52. The highest BCUT2D eigenvalue weighted by atomic mass is 19.4. The Hall–Kier alpha value is -3.82. The van der Waals surface area contributed by atoms with Crippen molar-refractivity contribution in [1.29, 1.82) is 0 Å². The fraction of sp³-hybridized carbons (Fsp3) is 0.423. The first-order chi connectivity index (χ1) is 19.2. The molecule has 0 saturated heterocycles. The molecule has 0 heterocycles. The van der Waals surface area contributed by atoms with Crippen LogP contribution in [-0.4, -0.2) is 67.1 Å². The third-order valence-electron chi connectivity index (χ3n) is 6.02. The highest BCUT2D eigenvalue weighted by Gasteiger charge is 2.34. The lowest BCUT2D eigenvalue weighted by Crippen LogP contribution is -2.50. The van der Waals surface area contributed by atoms with Crippen LogP contribution in [0, 0.1) is 17.6 Å². The van der Waals surface area contributed by atoms with E-state index in [0.717, 1.165) is 31.4 Å². The lowest BCUT2D eigenvalue weighted by molar-refractivity contribution is -0.138. The fourth-order valence-electron chi connectivity index (χ4n) is 3.85. The summed E-state index contributed by atoms with van der Waals surface area (Å²) in [7, 11) is 1.03. The lowest BCUT2D eigenvalue weighted by Gasteiger charge is -2.26. The van der Waals surface area contributed by atoms with Gasteiger partial charge in [0.25, 0.3) is 0 Å². The number of rotatable bonds is 13. The average molecular weight is 590 g/mol. The molecule has 3 unspecified atom stereocenters. The first-order valence-electron chi connectivity index (χ1n) is 12.4. The van der Waals surface area contributed by atoms with Gasteiger partial charge in [-0.05, 0) is 17.7 Å². The number of alkyl halides is 3. The van der Waals surface area contributed by atoms with Gasteiger partial charge in [-0.1, -0.05) is 19.1 Å². The van der Waals surface area contributed by atoms with Crippen molar-refractivity contribution < 1.29 is 46.2 Å². The molecule has 2 aromatic carbocycles. The van der Waals surface area contributed by atoms with Crippen LogP contribution in [0.4, 0.5) is 27.6 Å². The zero-order chi connectivity index (χ0) is 30.9. The van der Waals surface area contributed by atoms with Crippen LogP contribution in [0.2, 0.25) is 0 Å². The van der Waals surface area contributed by atoms with Crippen LogP contribution in [0.25, 0.3) is 0 Å². The number of aliphatic hydroxyl groups excluding tert-OH is 1. The maximum absolute atomic E-state index is 14.2. The van der Waals surface area contributed by atoms with Crippen molar-refractivity contribution in [2.24, 2.45) is 17.4 Å². The third-order valence-corrected chi connectivity index (χ3v) is 6.02. The van der Waals surface area contributed by atoms with Crippen LogP contribution in [0.15, 0.2) is 36.4 Å². The monoisotopic (exact) mass is 589 g/mol. The normalized spacial score (nSPS) is 13.6. The van der Waals surface area contributed by atoms with Crippen molar-refractivity contribution in [2.45, 2.75) is 31.7 Å². The molecule has 0 fully saturated rings. The number of halogens is 5. The Morgan fingerprint density at radius 3 is 2.00 bits per heavy atom. The number of carbonyl (C=O) groups excluding carboxylic acids is 3. The van der Waals surface area contributed by atoms with Gasteiger partial charge in [0.1, 0.15) is 12.1 Å². The largest absolute Gasteiger partial charge is 0.491 e. The number of carbonyl (C=O) groups is 3. The number of hydrogen-bond donors (Lipinski definition) is 5. The second kappa shape index (κ2) is 14.7. The van der Waals surface area contributed by atoms with Crippen LogP contribution >= 0.6 is 0 Å². The van der Waals surface area contributed by atoms with Crippen molar-refractivity contribution in [2.75, 3.05) is 38.6 Å². The molecule has 0 radical (unpaired) electrons. The highest BCUT2D eigenvalue weighted by molar-refractivity contribution is 5.98. The van der Waals surface area contributed by atoms with Crippen LogP contribution in [-0.2, 0) is 20.6 Å². The van der Waals surface area contributed by atoms with E-state index in [4.69, 9.17) is 11.5 Å². The minimum absolute atomic E-state index is 0.153. The lowest BCUT2D eigenvalue weighted by atomic mass is 9.98. The Bertz CT molecular complexity index is 1180. The van der Waals surface area contributed by atoms with Crippen molar-refractivity contribution in [1.82, 2.24) is 10.2 Å². The summed E-state index contributed by atoms with van der Waals surface area (Å²) in [4.78, 5) is 40.1. The summed E-state index contributed by atoms with van der Waals surface area (Å²) >= 11 is 0. The van der Waals surface area contributed by atoms with E-state index >= 15 is 0 Å². The number of anilines is 1. The summed E-state index contributed by atoms with van der Waals surface area (Å²) in [6.45, 7) is 2.07. The van der Waals surface area contributed by atoms with Gasteiger partial charge in [0, 0.05) is 56.3 Å².